The van der Waals surface area contributed by atoms with Crippen LogP contribution in [-0.4, -0.2) is 57.3 Å². The Kier molecular flexibility index (Phi) is 6.46. The van der Waals surface area contributed by atoms with E-state index in [0.29, 0.717) is 36.8 Å². The fourth-order valence-electron chi connectivity index (χ4n) is 3.63. The molecule has 0 bridgehead atoms. The van der Waals surface area contributed by atoms with Crippen molar-refractivity contribution in [2.45, 2.75) is 36.9 Å². The molecule has 2 fully saturated rings. The molecule has 9 heteroatoms. The second kappa shape index (κ2) is 9.41. The molecule has 2 saturated heterocycles. The molecule has 1 atom stereocenters. The molecule has 1 aromatic carbocycles. The summed E-state index contributed by atoms with van der Waals surface area (Å²) in [5.74, 6) is 1.06. The second-order valence-electron chi connectivity index (χ2n) is 7.30. The summed E-state index contributed by atoms with van der Waals surface area (Å²) in [7, 11) is 0. The van der Waals surface area contributed by atoms with Gasteiger partial charge in [-0.25, -0.2) is 4.98 Å². The van der Waals surface area contributed by atoms with Gasteiger partial charge in [-0.1, -0.05) is 30.0 Å². The number of nitrogens with zero attached hydrogens (tertiary/aromatic N) is 3. The van der Waals surface area contributed by atoms with E-state index in [4.69, 9.17) is 4.74 Å². The third-order valence-electron chi connectivity index (χ3n) is 5.30. The zero-order chi connectivity index (χ0) is 20.1. The number of rotatable bonds is 6. The lowest BCUT2D eigenvalue weighted by molar-refractivity contribution is -0.132. The van der Waals surface area contributed by atoms with Gasteiger partial charge in [-0.15, -0.1) is 5.10 Å². The van der Waals surface area contributed by atoms with Crippen molar-refractivity contribution < 1.29 is 14.3 Å². The number of carbonyl (C=O) groups is 2. The van der Waals surface area contributed by atoms with E-state index in [1.54, 1.807) is 0 Å². The number of carbonyl (C=O) groups excluding carboxylic acids is 2. The molecule has 2 amide bonds. The van der Waals surface area contributed by atoms with Crippen molar-refractivity contribution in [3.05, 3.63) is 36.2 Å². The number of likely N-dealkylation sites (tertiary alicyclic amines) is 1. The topological polar surface area (TPSA) is 100 Å². The monoisotopic (exact) mass is 415 g/mol. The highest BCUT2D eigenvalue weighted by Crippen LogP contribution is 2.27. The number of para-hydroxylation sites is 1. The summed E-state index contributed by atoms with van der Waals surface area (Å²) in [5.41, 5.74) is 0.807. The van der Waals surface area contributed by atoms with Gasteiger partial charge in [0, 0.05) is 31.3 Å². The number of ether oxygens (including phenoxy) is 1. The molecule has 2 N–H and O–H groups in total. The number of piperidine rings is 1. The van der Waals surface area contributed by atoms with Gasteiger partial charge in [0.05, 0.1) is 5.75 Å². The van der Waals surface area contributed by atoms with Crippen LogP contribution < -0.4 is 5.32 Å². The number of aromatic amines is 1. The first kappa shape index (κ1) is 19.9. The molecule has 2 aliphatic heterocycles. The highest BCUT2D eigenvalue weighted by atomic mass is 32.2. The molecule has 0 saturated carbocycles. The third-order valence-corrected chi connectivity index (χ3v) is 6.13. The van der Waals surface area contributed by atoms with Crippen molar-refractivity contribution >= 4 is 29.3 Å². The number of amides is 2. The third kappa shape index (κ3) is 5.16. The van der Waals surface area contributed by atoms with Crippen LogP contribution in [0.5, 0.6) is 0 Å². The standard InChI is InChI=1S/C20H25N5O3S/c26-17(13-29-20-22-18(23-24-20)16-7-4-12-28-16)25-10-8-14(9-11-25)19(27)21-15-5-2-1-3-6-15/h1-3,5-6,14,16H,4,7-13H2,(H,21,27)(H,22,23,24)/t16-/m0/s1. The summed E-state index contributed by atoms with van der Waals surface area (Å²) in [6.45, 7) is 1.95. The molecule has 1 aromatic heterocycles. The summed E-state index contributed by atoms with van der Waals surface area (Å²) in [6, 6.07) is 9.46. The Morgan fingerprint density at radius 1 is 1.21 bits per heavy atom. The number of aromatic nitrogens is 3. The lowest BCUT2D eigenvalue weighted by atomic mass is 9.96. The van der Waals surface area contributed by atoms with Crippen molar-refractivity contribution in [2.75, 3.05) is 30.8 Å². The van der Waals surface area contributed by atoms with Crippen LogP contribution >= 0.6 is 11.8 Å². The molecule has 0 radical (unpaired) electrons. The Morgan fingerprint density at radius 3 is 2.72 bits per heavy atom. The average molecular weight is 416 g/mol. The van der Waals surface area contributed by atoms with E-state index in [-0.39, 0.29) is 23.8 Å². The summed E-state index contributed by atoms with van der Waals surface area (Å²) < 4.78 is 5.59. The maximum atomic E-state index is 12.5. The molecule has 0 aliphatic carbocycles. The number of hydrogen-bond acceptors (Lipinski definition) is 6. The maximum absolute atomic E-state index is 12.5. The van der Waals surface area contributed by atoms with E-state index < -0.39 is 0 Å². The number of H-pyrrole nitrogens is 1. The predicted molar refractivity (Wildman–Crippen MR) is 109 cm³/mol. The zero-order valence-electron chi connectivity index (χ0n) is 16.2. The van der Waals surface area contributed by atoms with Crippen LogP contribution in [0, 0.1) is 5.92 Å². The minimum Gasteiger partial charge on any atom is -0.370 e. The SMILES string of the molecule is O=C(Nc1ccccc1)C1CCN(C(=O)CSc2n[nH]c([C@@H]3CCCO3)n2)CC1. The second-order valence-corrected chi connectivity index (χ2v) is 8.25. The largest absolute Gasteiger partial charge is 0.370 e. The molecule has 0 unspecified atom stereocenters. The van der Waals surface area contributed by atoms with E-state index >= 15 is 0 Å². The number of anilines is 1. The summed E-state index contributed by atoms with van der Waals surface area (Å²) in [6.07, 6.45) is 3.34. The van der Waals surface area contributed by atoms with Gasteiger partial charge in [0.15, 0.2) is 5.82 Å². The summed E-state index contributed by atoms with van der Waals surface area (Å²) in [5, 5.41) is 10.6. The van der Waals surface area contributed by atoms with Crippen molar-refractivity contribution in [1.29, 1.82) is 0 Å². The van der Waals surface area contributed by atoms with Gasteiger partial charge >= 0.3 is 0 Å². The van der Waals surface area contributed by atoms with Gasteiger partial charge in [0.1, 0.15) is 6.10 Å². The Bertz CT molecular complexity index is 830. The molecule has 29 heavy (non-hydrogen) atoms. The van der Waals surface area contributed by atoms with Crippen LogP contribution in [0.1, 0.15) is 37.6 Å². The van der Waals surface area contributed by atoms with Crippen molar-refractivity contribution in [2.24, 2.45) is 5.92 Å². The fraction of sp³-hybridized carbons (Fsp3) is 0.500. The van der Waals surface area contributed by atoms with E-state index in [1.807, 2.05) is 35.2 Å². The molecule has 4 rings (SSSR count). The van der Waals surface area contributed by atoms with Gasteiger partial charge in [0.2, 0.25) is 17.0 Å². The van der Waals surface area contributed by atoms with Gasteiger partial charge in [0.25, 0.3) is 0 Å². The Labute approximate surface area is 173 Å². The fourth-order valence-corrected chi connectivity index (χ4v) is 4.34. The van der Waals surface area contributed by atoms with Crippen molar-refractivity contribution in [3.63, 3.8) is 0 Å². The lowest BCUT2D eigenvalue weighted by Gasteiger charge is -2.31. The Hall–Kier alpha value is -2.39. The van der Waals surface area contributed by atoms with Crippen LogP contribution in [0.3, 0.4) is 0 Å². The maximum Gasteiger partial charge on any atom is 0.233 e. The highest BCUT2D eigenvalue weighted by molar-refractivity contribution is 7.99. The Morgan fingerprint density at radius 2 is 2.00 bits per heavy atom. The van der Waals surface area contributed by atoms with E-state index in [1.165, 1.54) is 11.8 Å². The molecule has 2 aromatic rings. The number of benzene rings is 1. The minimum atomic E-state index is -0.0612. The molecule has 0 spiro atoms. The zero-order valence-corrected chi connectivity index (χ0v) is 17.0. The first-order valence-electron chi connectivity index (χ1n) is 9.99. The number of thioether (sulfide) groups is 1. The minimum absolute atomic E-state index is 0.00591. The van der Waals surface area contributed by atoms with E-state index in [0.717, 1.165) is 31.0 Å². The predicted octanol–water partition coefficient (Wildman–Crippen LogP) is 2.63. The Balaban J connectivity index is 1.20. The van der Waals surface area contributed by atoms with Gasteiger partial charge in [-0.2, -0.15) is 0 Å². The van der Waals surface area contributed by atoms with Crippen molar-refractivity contribution in [1.82, 2.24) is 20.1 Å². The molecular formula is C20H25N5O3S. The van der Waals surface area contributed by atoms with Crippen molar-refractivity contribution in [3.8, 4) is 0 Å². The summed E-state index contributed by atoms with van der Waals surface area (Å²) in [4.78, 5) is 31.2. The smallest absolute Gasteiger partial charge is 0.233 e. The van der Waals surface area contributed by atoms with Crippen LogP contribution in [-0.2, 0) is 14.3 Å². The van der Waals surface area contributed by atoms with Crippen LogP contribution in [0.2, 0.25) is 0 Å². The average Bonchev–Trinajstić information content (AvgIpc) is 3.45. The first-order valence-corrected chi connectivity index (χ1v) is 11.0. The van der Waals surface area contributed by atoms with Gasteiger partial charge < -0.3 is 15.0 Å². The van der Waals surface area contributed by atoms with Crippen LogP contribution in [0.25, 0.3) is 0 Å². The molecule has 154 valence electrons. The first-order chi connectivity index (χ1) is 14.2. The summed E-state index contributed by atoms with van der Waals surface area (Å²) >= 11 is 1.33. The van der Waals surface area contributed by atoms with E-state index in [2.05, 4.69) is 20.5 Å². The lowest BCUT2D eigenvalue weighted by Crippen LogP contribution is -2.42. The molecular weight excluding hydrogens is 390 g/mol. The quantitative estimate of drug-likeness (QED) is 0.704. The van der Waals surface area contributed by atoms with E-state index in [9.17, 15) is 9.59 Å². The van der Waals surface area contributed by atoms with Crippen LogP contribution in [0.15, 0.2) is 35.5 Å². The number of nitrogens with one attached hydrogen (secondary N) is 2. The molecule has 3 heterocycles. The van der Waals surface area contributed by atoms with Gasteiger partial charge in [-0.05, 0) is 37.8 Å². The van der Waals surface area contributed by atoms with Crippen LogP contribution in [0.4, 0.5) is 5.69 Å². The molecule has 2 aliphatic rings. The highest BCUT2D eigenvalue weighted by Gasteiger charge is 2.28. The van der Waals surface area contributed by atoms with Gasteiger partial charge in [-0.3, -0.25) is 14.7 Å². The number of hydrogen-bond donors (Lipinski definition) is 2. The molecule has 8 nitrogen and oxygen atoms in total. The normalized spacial score (nSPS) is 20.0.